The number of aryl methyl sites for hydroxylation is 1. The molecule has 1 fully saturated rings. The lowest BCUT2D eigenvalue weighted by Crippen LogP contribution is -2.29. The van der Waals surface area contributed by atoms with Crippen molar-refractivity contribution in [1.29, 1.82) is 0 Å². The Labute approximate surface area is 160 Å². The third kappa shape index (κ3) is 3.15. The van der Waals surface area contributed by atoms with Crippen LogP contribution in [0, 0.1) is 6.92 Å². The highest BCUT2D eigenvalue weighted by molar-refractivity contribution is 5.85. The molecule has 0 bridgehead atoms. The van der Waals surface area contributed by atoms with Crippen molar-refractivity contribution in [3.05, 3.63) is 65.1 Å². The van der Waals surface area contributed by atoms with Crippen LogP contribution < -0.4 is 4.74 Å². The van der Waals surface area contributed by atoms with E-state index in [9.17, 15) is 0 Å². The van der Waals surface area contributed by atoms with Crippen molar-refractivity contribution >= 4 is 17.3 Å². The van der Waals surface area contributed by atoms with E-state index in [0.29, 0.717) is 12.5 Å². The zero-order chi connectivity index (χ0) is 18.4. The van der Waals surface area contributed by atoms with Gasteiger partial charge in [0.15, 0.2) is 0 Å². The molecule has 0 saturated carbocycles. The van der Waals surface area contributed by atoms with Gasteiger partial charge in [0.25, 0.3) is 0 Å². The molecule has 0 aliphatic carbocycles. The summed E-state index contributed by atoms with van der Waals surface area (Å²) in [5.74, 6) is 1.68. The Morgan fingerprint density at radius 1 is 1.07 bits per heavy atom. The van der Waals surface area contributed by atoms with Gasteiger partial charge in [0.2, 0.25) is 0 Å². The zero-order valence-corrected chi connectivity index (χ0v) is 16.0. The molecule has 4 heterocycles. The van der Waals surface area contributed by atoms with E-state index in [4.69, 9.17) is 4.74 Å². The van der Waals surface area contributed by atoms with Gasteiger partial charge >= 0.3 is 0 Å². The molecule has 0 amide bonds. The lowest BCUT2D eigenvalue weighted by Gasteiger charge is -2.30. The van der Waals surface area contributed by atoms with Gasteiger partial charge in [-0.2, -0.15) is 0 Å². The Morgan fingerprint density at radius 2 is 1.93 bits per heavy atom. The van der Waals surface area contributed by atoms with Crippen molar-refractivity contribution in [3.8, 4) is 5.75 Å². The second-order valence-corrected chi connectivity index (χ2v) is 7.90. The summed E-state index contributed by atoms with van der Waals surface area (Å²) in [5.41, 5.74) is 7.01. The molecule has 2 aliphatic heterocycles. The van der Waals surface area contributed by atoms with Crippen LogP contribution in [0.1, 0.15) is 41.1 Å². The molecular formula is C23H25N3O. The van der Waals surface area contributed by atoms with Crippen molar-refractivity contribution < 1.29 is 4.74 Å². The lowest BCUT2D eigenvalue weighted by molar-refractivity contribution is 0.255. The number of nitrogens with zero attached hydrogens (tertiary/aromatic N) is 3. The fourth-order valence-electron chi connectivity index (χ4n) is 4.25. The van der Waals surface area contributed by atoms with Crippen molar-refractivity contribution in [2.75, 3.05) is 26.7 Å². The van der Waals surface area contributed by atoms with E-state index >= 15 is 0 Å². The van der Waals surface area contributed by atoms with E-state index in [2.05, 4.69) is 70.1 Å². The molecule has 0 atom stereocenters. The molecule has 0 N–H and O–H groups in total. The highest BCUT2D eigenvalue weighted by Crippen LogP contribution is 2.35. The molecule has 5 rings (SSSR count). The first-order chi connectivity index (χ1) is 13.2. The second-order valence-electron chi connectivity index (χ2n) is 7.90. The van der Waals surface area contributed by atoms with Crippen LogP contribution in [0.2, 0.25) is 0 Å². The van der Waals surface area contributed by atoms with Gasteiger partial charge in [0.05, 0.1) is 5.69 Å². The first kappa shape index (κ1) is 16.6. The number of rotatable bonds is 2. The number of ether oxygens (including phenoxy) is 1. The molecular weight excluding hydrogens is 334 g/mol. The summed E-state index contributed by atoms with van der Waals surface area (Å²) in [6.45, 7) is 5.00. The fraction of sp³-hybridized carbons (Fsp3) is 0.348. The van der Waals surface area contributed by atoms with E-state index in [1.165, 1.54) is 48.2 Å². The highest BCUT2D eigenvalue weighted by Gasteiger charge is 2.21. The molecule has 138 valence electrons. The third-order valence-corrected chi connectivity index (χ3v) is 5.88. The first-order valence-electron chi connectivity index (χ1n) is 9.77. The number of fused-ring (bicyclic) bond motifs is 2. The maximum absolute atomic E-state index is 6.16. The zero-order valence-electron chi connectivity index (χ0n) is 16.0. The molecule has 3 aromatic rings. The molecule has 1 saturated heterocycles. The largest absolute Gasteiger partial charge is 0.488 e. The summed E-state index contributed by atoms with van der Waals surface area (Å²) in [7, 11) is 2.21. The maximum atomic E-state index is 6.16. The van der Waals surface area contributed by atoms with Crippen LogP contribution in [-0.2, 0) is 0 Å². The molecule has 4 nitrogen and oxygen atoms in total. The first-order valence-corrected chi connectivity index (χ1v) is 9.77. The number of pyridine rings is 1. The van der Waals surface area contributed by atoms with E-state index < -0.39 is 0 Å². The fourth-order valence-corrected chi connectivity index (χ4v) is 4.25. The third-order valence-electron chi connectivity index (χ3n) is 5.88. The second kappa shape index (κ2) is 6.54. The minimum Gasteiger partial charge on any atom is -0.488 e. The Hall–Kier alpha value is -2.59. The topological polar surface area (TPSA) is 29.8 Å². The van der Waals surface area contributed by atoms with Gasteiger partial charge < -0.3 is 14.0 Å². The van der Waals surface area contributed by atoms with E-state index in [1.807, 2.05) is 6.92 Å². The van der Waals surface area contributed by atoms with Gasteiger partial charge in [0, 0.05) is 18.0 Å². The Balaban J connectivity index is 1.43. The van der Waals surface area contributed by atoms with Gasteiger partial charge in [-0.1, -0.05) is 12.1 Å². The molecule has 4 heteroatoms. The quantitative estimate of drug-likeness (QED) is 0.680. The van der Waals surface area contributed by atoms with Gasteiger partial charge in [-0.3, -0.25) is 0 Å². The molecule has 27 heavy (non-hydrogen) atoms. The molecule has 0 unspecified atom stereocenters. The average Bonchev–Trinajstić information content (AvgIpc) is 3.07. The van der Waals surface area contributed by atoms with Crippen molar-refractivity contribution in [2.24, 2.45) is 0 Å². The number of imidazole rings is 1. The summed E-state index contributed by atoms with van der Waals surface area (Å²) in [5, 5.41) is 0. The molecule has 0 radical (unpaired) electrons. The van der Waals surface area contributed by atoms with Crippen molar-refractivity contribution in [3.63, 3.8) is 0 Å². The number of hydrogen-bond donors (Lipinski definition) is 0. The predicted octanol–water partition coefficient (Wildman–Crippen LogP) is 4.38. The molecule has 2 aliphatic rings. The maximum Gasteiger partial charge on any atom is 0.136 e. The van der Waals surface area contributed by atoms with Crippen molar-refractivity contribution in [1.82, 2.24) is 14.3 Å². The normalized spacial score (nSPS) is 18.2. The SMILES string of the molecule is Cc1cn2cc(C3=Cc4ccc(C5CCN(C)CC5)cc4OC3)ccc2n1. The number of aromatic nitrogens is 2. The van der Waals surface area contributed by atoms with Crippen LogP contribution in [-0.4, -0.2) is 41.0 Å². The highest BCUT2D eigenvalue weighted by atomic mass is 16.5. The van der Waals surface area contributed by atoms with Crippen LogP contribution in [0.3, 0.4) is 0 Å². The van der Waals surface area contributed by atoms with Crippen LogP contribution >= 0.6 is 0 Å². The van der Waals surface area contributed by atoms with Gasteiger partial charge in [-0.15, -0.1) is 0 Å². The van der Waals surface area contributed by atoms with Crippen molar-refractivity contribution in [2.45, 2.75) is 25.7 Å². The number of hydrogen-bond acceptors (Lipinski definition) is 3. The van der Waals surface area contributed by atoms with Crippen LogP contribution in [0.5, 0.6) is 5.75 Å². The number of likely N-dealkylation sites (tertiary alicyclic amines) is 1. The Morgan fingerprint density at radius 3 is 2.78 bits per heavy atom. The minimum atomic E-state index is 0.614. The monoisotopic (exact) mass is 359 g/mol. The summed E-state index contributed by atoms with van der Waals surface area (Å²) < 4.78 is 8.24. The van der Waals surface area contributed by atoms with Gasteiger partial charge in [-0.25, -0.2) is 4.98 Å². The summed E-state index contributed by atoms with van der Waals surface area (Å²) in [4.78, 5) is 6.92. The number of benzene rings is 1. The smallest absolute Gasteiger partial charge is 0.136 e. The van der Waals surface area contributed by atoms with E-state index in [1.54, 1.807) is 0 Å². The molecule has 1 aromatic carbocycles. The van der Waals surface area contributed by atoms with Crippen LogP contribution in [0.15, 0.2) is 42.7 Å². The number of piperidine rings is 1. The summed E-state index contributed by atoms with van der Waals surface area (Å²) in [6.07, 6.45) is 8.94. The lowest BCUT2D eigenvalue weighted by atomic mass is 9.88. The summed E-state index contributed by atoms with van der Waals surface area (Å²) in [6, 6.07) is 11.0. The Kier molecular flexibility index (Phi) is 4.01. The molecule has 0 spiro atoms. The molecule has 2 aromatic heterocycles. The van der Waals surface area contributed by atoms with Crippen LogP contribution in [0.25, 0.3) is 17.3 Å². The van der Waals surface area contributed by atoms with Gasteiger partial charge in [-0.05, 0) is 86.8 Å². The van der Waals surface area contributed by atoms with Crippen LogP contribution in [0.4, 0.5) is 0 Å². The van der Waals surface area contributed by atoms with E-state index in [0.717, 1.165) is 17.1 Å². The predicted molar refractivity (Wildman–Crippen MR) is 109 cm³/mol. The standard InChI is InChI=1S/C23H25N3O/c1-16-13-26-14-20(5-6-23(26)24-16)21-11-19-4-3-18(12-22(19)27-15-21)17-7-9-25(2)10-8-17/h3-6,11-14,17H,7-10,15H2,1-2H3. The van der Waals surface area contributed by atoms with E-state index in [-0.39, 0.29) is 0 Å². The minimum absolute atomic E-state index is 0.614. The average molecular weight is 359 g/mol. The van der Waals surface area contributed by atoms with Gasteiger partial charge in [0.1, 0.15) is 18.0 Å². The summed E-state index contributed by atoms with van der Waals surface area (Å²) >= 11 is 0. The Bertz CT molecular complexity index is 1030.